The number of H-pyrrole nitrogens is 1. The average molecular weight is 461 g/mol. The van der Waals surface area contributed by atoms with Crippen molar-refractivity contribution in [2.24, 2.45) is 0 Å². The number of nitrogens with one attached hydrogen (secondary N) is 3. The third-order valence-electron chi connectivity index (χ3n) is 5.82. The summed E-state index contributed by atoms with van der Waals surface area (Å²) in [5, 5.41) is 11.9. The third kappa shape index (κ3) is 4.34. The Bertz CT molecular complexity index is 1340. The molecule has 1 aliphatic carbocycles. The molecule has 0 spiro atoms. The summed E-state index contributed by atoms with van der Waals surface area (Å²) in [5.74, 6) is 1.74. The predicted octanol–water partition coefficient (Wildman–Crippen LogP) is 5.72. The number of methoxy groups -OCH3 is 1. The number of pyridine rings is 1. The van der Waals surface area contributed by atoms with Gasteiger partial charge in [0, 0.05) is 17.8 Å². The summed E-state index contributed by atoms with van der Waals surface area (Å²) in [7, 11) is 1.62. The van der Waals surface area contributed by atoms with Gasteiger partial charge in [-0.15, -0.1) is 0 Å². The Labute approximate surface area is 194 Å². The molecule has 0 amide bonds. The topological polar surface area (TPSA) is 100 Å². The number of fused-ring (bicyclic) bond motifs is 1. The van der Waals surface area contributed by atoms with Crippen molar-refractivity contribution in [3.8, 4) is 22.6 Å². The molecule has 7 nitrogen and oxygen atoms in total. The van der Waals surface area contributed by atoms with E-state index in [-0.39, 0.29) is 11.7 Å². The maximum absolute atomic E-state index is 12.6. The van der Waals surface area contributed by atoms with Crippen LogP contribution in [0.3, 0.4) is 0 Å². The summed E-state index contributed by atoms with van der Waals surface area (Å²) >= 11 is 1.49. The molecule has 2 aromatic heterocycles. The molecular formula is C25H24N4O3S. The zero-order valence-electron chi connectivity index (χ0n) is 18.2. The molecule has 0 unspecified atom stereocenters. The minimum absolute atomic E-state index is 0.173. The van der Waals surface area contributed by atoms with Crippen molar-refractivity contribution in [1.29, 1.82) is 5.41 Å². The number of hydrogen-bond acceptors (Lipinski definition) is 7. The fraction of sp³-hybridized carbons (Fsp3) is 0.240. The highest BCUT2D eigenvalue weighted by Crippen LogP contribution is 2.37. The van der Waals surface area contributed by atoms with E-state index in [0.29, 0.717) is 33.6 Å². The van der Waals surface area contributed by atoms with Crippen molar-refractivity contribution in [3.63, 3.8) is 0 Å². The Balaban J connectivity index is 1.54. The minimum atomic E-state index is -0.270. The van der Waals surface area contributed by atoms with Crippen LogP contribution in [0.1, 0.15) is 31.2 Å². The van der Waals surface area contributed by atoms with E-state index >= 15 is 0 Å². The summed E-state index contributed by atoms with van der Waals surface area (Å²) < 4.78 is 12.8. The van der Waals surface area contributed by atoms with Crippen molar-refractivity contribution < 1.29 is 9.47 Å². The van der Waals surface area contributed by atoms with E-state index in [1.807, 2.05) is 42.5 Å². The summed E-state index contributed by atoms with van der Waals surface area (Å²) in [6.45, 7) is 0. The van der Waals surface area contributed by atoms with Gasteiger partial charge in [0.25, 0.3) is 0 Å². The zero-order chi connectivity index (χ0) is 22.8. The van der Waals surface area contributed by atoms with Crippen LogP contribution in [0.25, 0.3) is 21.3 Å². The maximum Gasteiger partial charge on any atom is 0.250 e. The van der Waals surface area contributed by atoms with Gasteiger partial charge >= 0.3 is 0 Å². The van der Waals surface area contributed by atoms with Crippen LogP contribution >= 0.6 is 11.3 Å². The second-order valence-corrected chi connectivity index (χ2v) is 9.01. The number of para-hydroxylation sites is 1. The van der Waals surface area contributed by atoms with Crippen molar-refractivity contribution in [2.45, 2.75) is 31.8 Å². The number of aromatic amines is 1. The fourth-order valence-corrected chi connectivity index (χ4v) is 5.08. The number of rotatable bonds is 7. The predicted molar refractivity (Wildman–Crippen MR) is 133 cm³/mol. The van der Waals surface area contributed by atoms with Crippen molar-refractivity contribution >= 4 is 38.7 Å². The molecule has 1 fully saturated rings. The second-order valence-electron chi connectivity index (χ2n) is 7.98. The van der Waals surface area contributed by atoms with Crippen LogP contribution in [0.15, 0.2) is 53.3 Å². The van der Waals surface area contributed by atoms with Gasteiger partial charge in [-0.05, 0) is 61.1 Å². The normalized spacial score (nSPS) is 13.8. The zero-order valence-corrected chi connectivity index (χ0v) is 19.0. The van der Waals surface area contributed by atoms with Gasteiger partial charge in [0.15, 0.2) is 16.6 Å². The number of hydrogen-bond donors (Lipinski definition) is 3. The molecule has 33 heavy (non-hydrogen) atoms. The van der Waals surface area contributed by atoms with Gasteiger partial charge in [0.05, 0.1) is 23.4 Å². The molecule has 0 bridgehead atoms. The number of benzene rings is 2. The molecule has 2 heterocycles. The number of thiazole rings is 1. The Morgan fingerprint density at radius 2 is 1.97 bits per heavy atom. The fourth-order valence-electron chi connectivity index (χ4n) is 4.21. The van der Waals surface area contributed by atoms with Gasteiger partial charge < -0.3 is 25.2 Å². The summed E-state index contributed by atoms with van der Waals surface area (Å²) in [6, 6.07) is 15.0. The third-order valence-corrected chi connectivity index (χ3v) is 6.78. The monoisotopic (exact) mass is 460 g/mol. The quantitative estimate of drug-likeness (QED) is 0.306. The number of ether oxygens (including phenoxy) is 2. The van der Waals surface area contributed by atoms with Gasteiger partial charge in [-0.25, -0.2) is 4.98 Å². The standard InChI is InChI=1S/C25H24N4O3S/c1-31-20-11-10-15(12-21(20)32-16-6-2-3-7-16)17-13-23(30)28-24(18(17)14-26)29-25-27-19-8-4-5-9-22(19)33-25/h4-5,8-14,16,26H,2-3,6-7H2,1H3,(H2,27,28,29,30). The lowest BCUT2D eigenvalue weighted by Crippen LogP contribution is -2.13. The molecule has 168 valence electrons. The highest BCUT2D eigenvalue weighted by atomic mass is 32.1. The van der Waals surface area contributed by atoms with E-state index in [1.54, 1.807) is 7.11 Å². The number of anilines is 2. The van der Waals surface area contributed by atoms with E-state index < -0.39 is 0 Å². The molecule has 0 saturated heterocycles. The van der Waals surface area contributed by atoms with Crippen molar-refractivity contribution in [2.75, 3.05) is 12.4 Å². The Kier molecular flexibility index (Phi) is 5.83. The van der Waals surface area contributed by atoms with E-state index in [4.69, 9.17) is 14.9 Å². The van der Waals surface area contributed by atoms with Crippen LogP contribution in [-0.2, 0) is 0 Å². The molecule has 1 saturated carbocycles. The molecule has 0 aliphatic heterocycles. The lowest BCUT2D eigenvalue weighted by atomic mass is 10.0. The molecule has 0 radical (unpaired) electrons. The molecule has 1 aliphatic rings. The van der Waals surface area contributed by atoms with Crippen molar-refractivity contribution in [1.82, 2.24) is 9.97 Å². The van der Waals surface area contributed by atoms with Crippen LogP contribution in [0.2, 0.25) is 0 Å². The molecule has 3 N–H and O–H groups in total. The first-order chi connectivity index (χ1) is 16.1. The van der Waals surface area contributed by atoms with Gasteiger partial charge in [0.1, 0.15) is 5.82 Å². The van der Waals surface area contributed by atoms with Crippen LogP contribution < -0.4 is 20.3 Å². The highest BCUT2D eigenvalue weighted by molar-refractivity contribution is 7.22. The molecule has 2 aromatic carbocycles. The van der Waals surface area contributed by atoms with Crippen molar-refractivity contribution in [3.05, 3.63) is 64.4 Å². The molecule has 8 heteroatoms. The second kappa shape index (κ2) is 9.07. The molecule has 5 rings (SSSR count). The van der Waals surface area contributed by atoms with Crippen LogP contribution in [0.5, 0.6) is 11.5 Å². The first-order valence-corrected chi connectivity index (χ1v) is 11.7. The molecule has 4 aromatic rings. The minimum Gasteiger partial charge on any atom is -0.493 e. The smallest absolute Gasteiger partial charge is 0.250 e. The number of aromatic nitrogens is 2. The first-order valence-electron chi connectivity index (χ1n) is 10.9. The van der Waals surface area contributed by atoms with Crippen LogP contribution in [-0.4, -0.2) is 29.4 Å². The van der Waals surface area contributed by atoms with E-state index in [1.165, 1.54) is 36.5 Å². The number of nitrogens with zero attached hydrogens (tertiary/aromatic N) is 1. The molecular weight excluding hydrogens is 436 g/mol. The van der Waals surface area contributed by atoms with E-state index in [9.17, 15) is 4.79 Å². The Hall–Kier alpha value is -3.65. The van der Waals surface area contributed by atoms with Crippen LogP contribution in [0, 0.1) is 5.41 Å². The van der Waals surface area contributed by atoms with E-state index in [2.05, 4.69) is 15.3 Å². The largest absolute Gasteiger partial charge is 0.493 e. The lowest BCUT2D eigenvalue weighted by Gasteiger charge is -2.18. The summed E-state index contributed by atoms with van der Waals surface area (Å²) in [6.07, 6.45) is 5.80. The van der Waals surface area contributed by atoms with Gasteiger partial charge in [-0.1, -0.05) is 29.5 Å². The average Bonchev–Trinajstić information content (AvgIpc) is 3.48. The SMILES string of the molecule is COc1ccc(-c2cc(=O)[nH]c(Nc3nc4ccccc4s3)c2C=N)cc1OC1CCCC1. The van der Waals surface area contributed by atoms with Gasteiger partial charge in [-0.3, -0.25) is 4.79 Å². The van der Waals surface area contributed by atoms with Gasteiger partial charge in [0.2, 0.25) is 5.56 Å². The first kappa shape index (κ1) is 21.2. The Morgan fingerprint density at radius 1 is 1.15 bits per heavy atom. The lowest BCUT2D eigenvalue weighted by molar-refractivity contribution is 0.201. The summed E-state index contributed by atoms with van der Waals surface area (Å²) in [5.41, 5.74) is 2.58. The Morgan fingerprint density at radius 3 is 2.73 bits per heavy atom. The maximum atomic E-state index is 12.6. The van der Waals surface area contributed by atoms with Gasteiger partial charge in [-0.2, -0.15) is 0 Å². The molecule has 0 atom stereocenters. The highest BCUT2D eigenvalue weighted by Gasteiger charge is 2.20. The van der Waals surface area contributed by atoms with Crippen LogP contribution in [0.4, 0.5) is 10.9 Å². The van der Waals surface area contributed by atoms with E-state index in [0.717, 1.165) is 28.6 Å². The summed E-state index contributed by atoms with van der Waals surface area (Å²) in [4.78, 5) is 20.0.